The molecule has 1 aromatic heterocycles. The minimum absolute atomic E-state index is 0.0542. The molecule has 0 radical (unpaired) electrons. The van der Waals surface area contributed by atoms with Gasteiger partial charge in [0.1, 0.15) is 0 Å². The summed E-state index contributed by atoms with van der Waals surface area (Å²) < 4.78 is 5.37. The first kappa shape index (κ1) is 15.0. The molecule has 2 aromatic carbocycles. The van der Waals surface area contributed by atoms with Gasteiger partial charge in [0.05, 0.1) is 11.3 Å². The Morgan fingerprint density at radius 2 is 1.83 bits per heavy atom. The van der Waals surface area contributed by atoms with Crippen LogP contribution in [0.4, 0.5) is 5.69 Å². The fourth-order valence-electron chi connectivity index (χ4n) is 2.23. The van der Waals surface area contributed by atoms with Crippen LogP contribution >= 0.6 is 0 Å². The number of carbonyl (C=O) groups excluding carboxylic acids is 1. The smallest absolute Gasteiger partial charge is 0.260 e. The van der Waals surface area contributed by atoms with E-state index in [0.29, 0.717) is 30.2 Å². The van der Waals surface area contributed by atoms with E-state index < -0.39 is 0 Å². The second kappa shape index (κ2) is 6.87. The van der Waals surface area contributed by atoms with Crippen molar-refractivity contribution in [2.45, 2.75) is 19.8 Å². The Kier molecular flexibility index (Phi) is 4.47. The third-order valence-electron chi connectivity index (χ3n) is 3.43. The first-order valence-corrected chi connectivity index (χ1v) is 7.52. The van der Waals surface area contributed by atoms with Crippen LogP contribution in [0.3, 0.4) is 0 Å². The zero-order valence-electron chi connectivity index (χ0n) is 12.8. The van der Waals surface area contributed by atoms with E-state index in [4.69, 9.17) is 4.52 Å². The highest BCUT2D eigenvalue weighted by atomic mass is 16.5. The molecule has 1 heterocycles. The van der Waals surface area contributed by atoms with E-state index in [1.54, 1.807) is 0 Å². The molecular formula is C18H17N3O2. The van der Waals surface area contributed by atoms with Crippen molar-refractivity contribution in [3.8, 4) is 11.5 Å². The summed E-state index contributed by atoms with van der Waals surface area (Å²) in [6.07, 6.45) is 1.02. The van der Waals surface area contributed by atoms with Crippen LogP contribution in [0.5, 0.6) is 0 Å². The number of carbonyl (C=O) groups is 1. The van der Waals surface area contributed by atoms with Gasteiger partial charge < -0.3 is 9.84 Å². The molecule has 0 saturated heterocycles. The number of hydrogen-bond acceptors (Lipinski definition) is 4. The zero-order valence-corrected chi connectivity index (χ0v) is 12.8. The summed E-state index contributed by atoms with van der Waals surface area (Å²) in [7, 11) is 0. The summed E-state index contributed by atoms with van der Waals surface area (Å²) in [6.45, 7) is 1.81. The number of amides is 1. The van der Waals surface area contributed by atoms with E-state index in [2.05, 4.69) is 15.5 Å². The molecule has 0 spiro atoms. The van der Waals surface area contributed by atoms with Gasteiger partial charge in [-0.25, -0.2) is 0 Å². The highest BCUT2D eigenvalue weighted by Gasteiger charge is 2.14. The molecule has 23 heavy (non-hydrogen) atoms. The zero-order chi connectivity index (χ0) is 16.1. The summed E-state index contributed by atoms with van der Waals surface area (Å²) >= 11 is 0. The summed E-state index contributed by atoms with van der Waals surface area (Å²) in [5, 5.41) is 6.88. The number of aromatic nitrogens is 2. The fraction of sp³-hybridized carbons (Fsp3) is 0.167. The molecule has 3 rings (SSSR count). The maximum Gasteiger partial charge on any atom is 0.260 e. The molecular weight excluding hydrogens is 290 g/mol. The van der Waals surface area contributed by atoms with Crippen molar-refractivity contribution >= 4 is 11.6 Å². The Morgan fingerprint density at radius 1 is 1.09 bits per heavy atom. The maximum absolute atomic E-state index is 11.6. The van der Waals surface area contributed by atoms with Crippen molar-refractivity contribution in [2.24, 2.45) is 0 Å². The highest BCUT2D eigenvalue weighted by molar-refractivity contribution is 5.94. The van der Waals surface area contributed by atoms with Crippen LogP contribution in [0.2, 0.25) is 0 Å². The van der Waals surface area contributed by atoms with Gasteiger partial charge in [0.25, 0.3) is 5.89 Å². The minimum atomic E-state index is -0.0542. The van der Waals surface area contributed by atoms with Crippen LogP contribution in [0.25, 0.3) is 11.5 Å². The summed E-state index contributed by atoms with van der Waals surface area (Å²) in [6, 6.07) is 17.4. The van der Waals surface area contributed by atoms with E-state index in [1.165, 1.54) is 0 Å². The Bertz CT molecular complexity index is 797. The SMILES string of the molecule is CCC(=O)Nc1ccccc1-c1nc(Cc2ccccc2)no1. The molecule has 0 fully saturated rings. The Labute approximate surface area is 134 Å². The topological polar surface area (TPSA) is 68.0 Å². The van der Waals surface area contributed by atoms with E-state index in [-0.39, 0.29) is 5.91 Å². The molecule has 0 aliphatic heterocycles. The molecule has 3 aromatic rings. The highest BCUT2D eigenvalue weighted by Crippen LogP contribution is 2.26. The number of benzene rings is 2. The molecule has 0 atom stereocenters. The predicted molar refractivity (Wildman–Crippen MR) is 87.9 cm³/mol. The monoisotopic (exact) mass is 307 g/mol. The average molecular weight is 307 g/mol. The Balaban J connectivity index is 1.84. The molecule has 0 aliphatic rings. The van der Waals surface area contributed by atoms with Gasteiger partial charge in [-0.3, -0.25) is 4.79 Å². The molecule has 5 heteroatoms. The van der Waals surface area contributed by atoms with Crippen molar-refractivity contribution in [1.29, 1.82) is 0 Å². The summed E-state index contributed by atoms with van der Waals surface area (Å²) in [5.74, 6) is 0.965. The third kappa shape index (κ3) is 3.63. The van der Waals surface area contributed by atoms with Crippen molar-refractivity contribution in [2.75, 3.05) is 5.32 Å². The lowest BCUT2D eigenvalue weighted by Gasteiger charge is -2.06. The number of hydrogen-bond donors (Lipinski definition) is 1. The number of anilines is 1. The molecule has 0 bridgehead atoms. The standard InChI is InChI=1S/C18H17N3O2/c1-2-17(22)19-15-11-7-6-10-14(15)18-20-16(21-23-18)12-13-8-4-3-5-9-13/h3-11H,2,12H2,1H3,(H,19,22). The van der Waals surface area contributed by atoms with E-state index in [0.717, 1.165) is 11.1 Å². The lowest BCUT2D eigenvalue weighted by molar-refractivity contribution is -0.115. The van der Waals surface area contributed by atoms with Gasteiger partial charge in [-0.15, -0.1) is 0 Å². The van der Waals surface area contributed by atoms with Gasteiger partial charge in [-0.2, -0.15) is 4.98 Å². The normalized spacial score (nSPS) is 10.5. The first-order chi connectivity index (χ1) is 11.3. The number of nitrogens with zero attached hydrogens (tertiary/aromatic N) is 2. The average Bonchev–Trinajstić information content (AvgIpc) is 3.04. The van der Waals surface area contributed by atoms with Gasteiger partial charge in [0.2, 0.25) is 5.91 Å². The van der Waals surface area contributed by atoms with E-state index in [1.807, 2.05) is 61.5 Å². The van der Waals surface area contributed by atoms with Crippen LogP contribution in [0.15, 0.2) is 59.1 Å². The van der Waals surface area contributed by atoms with Gasteiger partial charge in [0.15, 0.2) is 5.82 Å². The summed E-state index contributed by atoms with van der Waals surface area (Å²) in [4.78, 5) is 16.1. The predicted octanol–water partition coefficient (Wildman–Crippen LogP) is 3.68. The summed E-state index contributed by atoms with van der Waals surface area (Å²) in [5.41, 5.74) is 2.52. The molecule has 5 nitrogen and oxygen atoms in total. The molecule has 0 unspecified atom stereocenters. The quantitative estimate of drug-likeness (QED) is 0.781. The van der Waals surface area contributed by atoms with Crippen LogP contribution in [-0.4, -0.2) is 16.0 Å². The van der Waals surface area contributed by atoms with E-state index >= 15 is 0 Å². The second-order valence-electron chi connectivity index (χ2n) is 5.13. The number of para-hydroxylation sites is 1. The minimum Gasteiger partial charge on any atom is -0.334 e. The van der Waals surface area contributed by atoms with Crippen molar-refractivity contribution in [3.63, 3.8) is 0 Å². The van der Waals surface area contributed by atoms with Gasteiger partial charge in [-0.05, 0) is 17.7 Å². The first-order valence-electron chi connectivity index (χ1n) is 7.52. The molecule has 116 valence electrons. The van der Waals surface area contributed by atoms with Crippen LogP contribution < -0.4 is 5.32 Å². The van der Waals surface area contributed by atoms with E-state index in [9.17, 15) is 4.79 Å². The Hall–Kier alpha value is -2.95. The number of rotatable bonds is 5. The number of nitrogens with one attached hydrogen (secondary N) is 1. The molecule has 1 amide bonds. The van der Waals surface area contributed by atoms with Gasteiger partial charge in [-0.1, -0.05) is 54.5 Å². The van der Waals surface area contributed by atoms with Gasteiger partial charge in [0, 0.05) is 12.8 Å². The third-order valence-corrected chi connectivity index (χ3v) is 3.43. The van der Waals surface area contributed by atoms with Crippen LogP contribution in [0.1, 0.15) is 24.7 Å². The fourth-order valence-corrected chi connectivity index (χ4v) is 2.23. The lowest BCUT2D eigenvalue weighted by Crippen LogP contribution is -2.10. The van der Waals surface area contributed by atoms with Crippen LogP contribution in [-0.2, 0) is 11.2 Å². The van der Waals surface area contributed by atoms with Gasteiger partial charge >= 0.3 is 0 Å². The molecule has 1 N–H and O–H groups in total. The Morgan fingerprint density at radius 3 is 2.61 bits per heavy atom. The van der Waals surface area contributed by atoms with Crippen molar-refractivity contribution in [3.05, 3.63) is 66.0 Å². The molecule has 0 saturated carbocycles. The largest absolute Gasteiger partial charge is 0.334 e. The second-order valence-corrected chi connectivity index (χ2v) is 5.13. The van der Waals surface area contributed by atoms with Crippen molar-refractivity contribution in [1.82, 2.24) is 10.1 Å². The maximum atomic E-state index is 11.6. The van der Waals surface area contributed by atoms with Crippen LogP contribution in [0, 0.1) is 0 Å². The van der Waals surface area contributed by atoms with Crippen molar-refractivity contribution < 1.29 is 9.32 Å². The molecule has 0 aliphatic carbocycles. The lowest BCUT2D eigenvalue weighted by atomic mass is 10.1.